The number of ketones is 1. The maximum Gasteiger partial charge on any atom is 0.243 e. The van der Waals surface area contributed by atoms with Crippen LogP contribution in [0.5, 0.6) is 0 Å². The van der Waals surface area contributed by atoms with E-state index in [0.717, 1.165) is 0 Å². The molecule has 0 amide bonds. The minimum atomic E-state index is -1.36. The second-order valence-electron chi connectivity index (χ2n) is 4.15. The van der Waals surface area contributed by atoms with Crippen LogP contribution in [0.15, 0.2) is 27.5 Å². The third kappa shape index (κ3) is 1.81. The second kappa shape index (κ2) is 5.00. The summed E-state index contributed by atoms with van der Waals surface area (Å²) in [6.45, 7) is 1.76. The van der Waals surface area contributed by atoms with E-state index in [-0.39, 0.29) is 16.6 Å². The average Bonchev–Trinajstić information content (AvgIpc) is 2.91. The van der Waals surface area contributed by atoms with Crippen molar-refractivity contribution in [1.29, 1.82) is 0 Å². The standard InChI is InChI=1S/C13H15ClO5/c1-7-8(5-6-19-7)9-11(15)10(14)12(16-2)13(9,17-3)18-4/h5-6,9H,1-4H3. The number of Topliss-reactive ketones (excluding diaryl/α,β-unsaturated/α-hetero) is 1. The number of aryl methyl sites for hydroxylation is 1. The van der Waals surface area contributed by atoms with E-state index in [1.807, 2.05) is 0 Å². The summed E-state index contributed by atoms with van der Waals surface area (Å²) < 4.78 is 21.3. The summed E-state index contributed by atoms with van der Waals surface area (Å²) in [5.74, 6) is -1.64. The normalized spacial score (nSPS) is 22.2. The summed E-state index contributed by atoms with van der Waals surface area (Å²) in [5, 5.41) is -0.0169. The zero-order valence-corrected chi connectivity index (χ0v) is 11.9. The Labute approximate surface area is 116 Å². The molecule has 2 rings (SSSR count). The van der Waals surface area contributed by atoms with Crippen LogP contribution in [0.4, 0.5) is 0 Å². The van der Waals surface area contributed by atoms with Crippen LogP contribution >= 0.6 is 11.6 Å². The molecule has 0 spiro atoms. The first-order valence-corrected chi connectivity index (χ1v) is 6.04. The van der Waals surface area contributed by atoms with Gasteiger partial charge in [0.1, 0.15) is 16.7 Å². The van der Waals surface area contributed by atoms with E-state index < -0.39 is 11.7 Å². The van der Waals surface area contributed by atoms with Gasteiger partial charge < -0.3 is 18.6 Å². The van der Waals surface area contributed by atoms with Gasteiger partial charge in [0.15, 0.2) is 11.5 Å². The van der Waals surface area contributed by atoms with Gasteiger partial charge in [-0.1, -0.05) is 11.6 Å². The summed E-state index contributed by atoms with van der Waals surface area (Å²) in [7, 11) is 4.30. The third-order valence-corrected chi connectivity index (χ3v) is 3.75. The summed E-state index contributed by atoms with van der Waals surface area (Å²) in [6.07, 6.45) is 1.51. The van der Waals surface area contributed by atoms with E-state index in [1.165, 1.54) is 27.6 Å². The highest BCUT2D eigenvalue weighted by Crippen LogP contribution is 2.49. The van der Waals surface area contributed by atoms with Crippen LogP contribution in [0, 0.1) is 6.92 Å². The lowest BCUT2D eigenvalue weighted by atomic mass is 9.91. The molecule has 1 aromatic heterocycles. The van der Waals surface area contributed by atoms with E-state index in [4.69, 9.17) is 30.2 Å². The predicted octanol–water partition coefficient (Wildman–Crippen LogP) is 2.34. The van der Waals surface area contributed by atoms with Gasteiger partial charge in [-0.3, -0.25) is 4.79 Å². The number of ether oxygens (including phenoxy) is 3. The molecule has 5 nitrogen and oxygen atoms in total. The van der Waals surface area contributed by atoms with Gasteiger partial charge in [-0.2, -0.15) is 0 Å². The smallest absolute Gasteiger partial charge is 0.243 e. The highest BCUT2D eigenvalue weighted by molar-refractivity contribution is 6.44. The lowest BCUT2D eigenvalue weighted by Gasteiger charge is -2.32. The van der Waals surface area contributed by atoms with Crippen molar-refractivity contribution in [3.8, 4) is 0 Å². The maximum atomic E-state index is 12.4. The van der Waals surface area contributed by atoms with Crippen LogP contribution in [0.1, 0.15) is 17.2 Å². The van der Waals surface area contributed by atoms with Crippen LogP contribution in [-0.2, 0) is 19.0 Å². The Hall–Kier alpha value is -1.30. The van der Waals surface area contributed by atoms with Crippen molar-refractivity contribution in [2.24, 2.45) is 0 Å². The fraction of sp³-hybridized carbons (Fsp3) is 0.462. The molecule has 0 aliphatic heterocycles. The molecule has 1 unspecified atom stereocenters. The number of methoxy groups -OCH3 is 3. The molecule has 0 fully saturated rings. The van der Waals surface area contributed by atoms with Crippen LogP contribution in [0.25, 0.3) is 0 Å². The molecule has 0 saturated carbocycles. The number of carbonyl (C=O) groups is 1. The SMILES string of the molecule is COC1=C(Cl)C(=O)C(c2ccoc2C)C1(OC)OC. The largest absolute Gasteiger partial charge is 0.494 e. The zero-order chi connectivity index (χ0) is 14.2. The van der Waals surface area contributed by atoms with Crippen molar-refractivity contribution in [2.45, 2.75) is 18.6 Å². The molecule has 1 aromatic rings. The second-order valence-corrected chi connectivity index (χ2v) is 4.53. The minimum Gasteiger partial charge on any atom is -0.494 e. The Kier molecular flexibility index (Phi) is 3.71. The van der Waals surface area contributed by atoms with Crippen LogP contribution < -0.4 is 0 Å². The number of allylic oxidation sites excluding steroid dienone is 1. The molecule has 104 valence electrons. The Morgan fingerprint density at radius 1 is 1.32 bits per heavy atom. The molecule has 1 heterocycles. The van der Waals surface area contributed by atoms with Crippen molar-refractivity contribution in [1.82, 2.24) is 0 Å². The van der Waals surface area contributed by atoms with Gasteiger partial charge in [-0.15, -0.1) is 0 Å². The number of furan rings is 1. The van der Waals surface area contributed by atoms with Crippen molar-refractivity contribution in [3.63, 3.8) is 0 Å². The fourth-order valence-electron chi connectivity index (χ4n) is 2.47. The third-order valence-electron chi connectivity index (χ3n) is 3.39. The van der Waals surface area contributed by atoms with Crippen molar-refractivity contribution in [3.05, 3.63) is 34.4 Å². The molecule has 0 saturated heterocycles. The molecule has 0 N–H and O–H groups in total. The molecular weight excluding hydrogens is 272 g/mol. The summed E-state index contributed by atoms with van der Waals surface area (Å²) in [6, 6.07) is 1.70. The lowest BCUT2D eigenvalue weighted by molar-refractivity contribution is -0.207. The Balaban J connectivity index is 2.62. The van der Waals surface area contributed by atoms with E-state index in [0.29, 0.717) is 11.3 Å². The molecule has 1 aliphatic carbocycles. The van der Waals surface area contributed by atoms with E-state index >= 15 is 0 Å². The molecule has 0 bridgehead atoms. The van der Waals surface area contributed by atoms with E-state index in [9.17, 15) is 4.79 Å². The first-order chi connectivity index (χ1) is 9.03. The van der Waals surface area contributed by atoms with Crippen molar-refractivity contribution in [2.75, 3.05) is 21.3 Å². The van der Waals surface area contributed by atoms with Crippen LogP contribution in [-0.4, -0.2) is 32.9 Å². The molecule has 0 radical (unpaired) electrons. The van der Waals surface area contributed by atoms with Gasteiger partial charge in [-0.05, 0) is 13.0 Å². The van der Waals surface area contributed by atoms with Gasteiger partial charge >= 0.3 is 0 Å². The lowest BCUT2D eigenvalue weighted by Crippen LogP contribution is -2.42. The van der Waals surface area contributed by atoms with Crippen molar-refractivity contribution >= 4 is 17.4 Å². The topological polar surface area (TPSA) is 57.9 Å². The zero-order valence-electron chi connectivity index (χ0n) is 11.2. The number of hydrogen-bond acceptors (Lipinski definition) is 5. The first kappa shape index (κ1) is 14.1. The molecule has 6 heteroatoms. The number of carbonyl (C=O) groups excluding carboxylic acids is 1. The number of rotatable bonds is 4. The molecule has 19 heavy (non-hydrogen) atoms. The summed E-state index contributed by atoms with van der Waals surface area (Å²) >= 11 is 6.05. The highest BCUT2D eigenvalue weighted by Gasteiger charge is 2.58. The van der Waals surface area contributed by atoms with Crippen molar-refractivity contribution < 1.29 is 23.4 Å². The van der Waals surface area contributed by atoms with E-state index in [1.54, 1.807) is 13.0 Å². The minimum absolute atomic E-state index is 0.0169. The fourth-order valence-corrected chi connectivity index (χ4v) is 2.79. The van der Waals surface area contributed by atoms with Gasteiger partial charge in [-0.25, -0.2) is 0 Å². The van der Waals surface area contributed by atoms with Gasteiger partial charge in [0.25, 0.3) is 0 Å². The predicted molar refractivity (Wildman–Crippen MR) is 67.8 cm³/mol. The highest BCUT2D eigenvalue weighted by atomic mass is 35.5. The molecule has 1 aliphatic rings. The Morgan fingerprint density at radius 3 is 2.37 bits per heavy atom. The van der Waals surface area contributed by atoms with Gasteiger partial charge in [0.05, 0.1) is 13.4 Å². The van der Waals surface area contributed by atoms with Crippen LogP contribution in [0.3, 0.4) is 0 Å². The van der Waals surface area contributed by atoms with Crippen LogP contribution in [0.2, 0.25) is 0 Å². The Bertz CT molecular complexity index is 527. The monoisotopic (exact) mass is 286 g/mol. The quantitative estimate of drug-likeness (QED) is 0.795. The Morgan fingerprint density at radius 2 is 1.95 bits per heavy atom. The van der Waals surface area contributed by atoms with Gasteiger partial charge in [0, 0.05) is 19.8 Å². The number of hydrogen-bond donors (Lipinski definition) is 0. The molecule has 1 atom stereocenters. The van der Waals surface area contributed by atoms with Gasteiger partial charge in [0.2, 0.25) is 5.79 Å². The summed E-state index contributed by atoms with van der Waals surface area (Å²) in [4.78, 5) is 12.4. The van der Waals surface area contributed by atoms with E-state index in [2.05, 4.69) is 0 Å². The molecule has 0 aromatic carbocycles. The first-order valence-electron chi connectivity index (χ1n) is 5.66. The summed E-state index contributed by atoms with van der Waals surface area (Å²) in [5.41, 5.74) is 0.666. The maximum absolute atomic E-state index is 12.4. The molecular formula is C13H15ClO5. The average molecular weight is 287 g/mol. The number of halogens is 1.